The van der Waals surface area contributed by atoms with Crippen LogP contribution in [0.5, 0.6) is 34.5 Å². The van der Waals surface area contributed by atoms with Gasteiger partial charge in [0.25, 0.3) is 0 Å². The summed E-state index contributed by atoms with van der Waals surface area (Å²) >= 11 is 0. The van der Waals surface area contributed by atoms with Crippen molar-refractivity contribution in [1.29, 1.82) is 0 Å². The second-order valence-electron chi connectivity index (χ2n) is 9.23. The lowest BCUT2D eigenvalue weighted by Crippen LogP contribution is -2.37. The number of ether oxygens (including phenoxy) is 6. The van der Waals surface area contributed by atoms with Crippen LogP contribution in [0.4, 0.5) is 11.4 Å². The van der Waals surface area contributed by atoms with Gasteiger partial charge in [-0.1, -0.05) is 0 Å². The quantitative estimate of drug-likeness (QED) is 0.348. The predicted molar refractivity (Wildman–Crippen MR) is 132 cm³/mol. The minimum Gasteiger partial charge on any atom is -0.502 e. The van der Waals surface area contributed by atoms with Crippen molar-refractivity contribution < 1.29 is 38.3 Å². The van der Waals surface area contributed by atoms with Gasteiger partial charge in [-0.25, -0.2) is 0 Å². The Morgan fingerprint density at radius 1 is 0.892 bits per heavy atom. The van der Waals surface area contributed by atoms with Gasteiger partial charge in [0.2, 0.25) is 12.5 Å². The third kappa shape index (κ3) is 3.59. The van der Waals surface area contributed by atoms with Crippen LogP contribution >= 0.6 is 0 Å². The first-order valence-corrected chi connectivity index (χ1v) is 11.8. The van der Waals surface area contributed by atoms with Gasteiger partial charge in [0.1, 0.15) is 11.9 Å². The maximum absolute atomic E-state index is 13.2. The zero-order valence-electron chi connectivity index (χ0n) is 20.2. The maximum atomic E-state index is 13.2. The Morgan fingerprint density at radius 3 is 2.22 bits per heavy atom. The summed E-state index contributed by atoms with van der Waals surface area (Å²) < 4.78 is 34.2. The van der Waals surface area contributed by atoms with Gasteiger partial charge in [0, 0.05) is 23.5 Å². The zero-order valence-corrected chi connectivity index (χ0v) is 20.2. The fraction of sp³-hybridized carbons (Fsp3) is 0.296. The topological polar surface area (TPSA) is 145 Å². The molecule has 0 aromatic heterocycles. The molecule has 192 valence electrons. The number of methoxy groups -OCH3 is 2. The van der Waals surface area contributed by atoms with Gasteiger partial charge >= 0.3 is 5.97 Å². The number of nitrogen functional groups attached to an aromatic ring is 2. The molecule has 1 saturated heterocycles. The lowest BCUT2D eigenvalue weighted by atomic mass is 9.66. The molecule has 1 fully saturated rings. The Hall–Kier alpha value is -4.47. The van der Waals surface area contributed by atoms with E-state index >= 15 is 0 Å². The third-order valence-electron chi connectivity index (χ3n) is 7.30. The first kappa shape index (κ1) is 23.0. The number of hydrogen-bond donors (Lipinski definition) is 3. The standard InChI is InChI=1S/C27H26N2O8/c1-32-21-5-12(6-22(33-2)25(21)30)23-14-8-19-20(36-11-35-19)9-15(14)26(16-10-34-27(31)24(16)23)37-13-3-4-17(28)18(29)7-13/h3-9,16,23-24,26,30H,10-11,28-29H2,1-2H3/t16?,23-,24?,26-/m1/s1. The number of esters is 1. The van der Waals surface area contributed by atoms with E-state index in [0.717, 1.165) is 16.7 Å². The lowest BCUT2D eigenvalue weighted by Gasteiger charge is -2.39. The third-order valence-corrected chi connectivity index (χ3v) is 7.30. The molecule has 0 spiro atoms. The second-order valence-corrected chi connectivity index (χ2v) is 9.23. The highest BCUT2D eigenvalue weighted by Crippen LogP contribution is 2.56. The Bertz CT molecular complexity index is 1380. The molecule has 2 unspecified atom stereocenters. The molecule has 4 atom stereocenters. The van der Waals surface area contributed by atoms with Crippen molar-refractivity contribution in [2.45, 2.75) is 12.0 Å². The number of anilines is 2. The van der Waals surface area contributed by atoms with Crippen molar-refractivity contribution in [3.8, 4) is 34.5 Å². The van der Waals surface area contributed by atoms with E-state index in [0.29, 0.717) is 28.6 Å². The summed E-state index contributed by atoms with van der Waals surface area (Å²) in [5, 5.41) is 10.5. The number of fused-ring (bicyclic) bond motifs is 3. The van der Waals surface area contributed by atoms with E-state index in [-0.39, 0.29) is 42.5 Å². The molecule has 3 aromatic rings. The number of cyclic esters (lactones) is 1. The smallest absolute Gasteiger partial charge is 0.310 e. The van der Waals surface area contributed by atoms with Gasteiger partial charge in [-0.2, -0.15) is 0 Å². The van der Waals surface area contributed by atoms with E-state index < -0.39 is 17.9 Å². The number of hydrogen-bond acceptors (Lipinski definition) is 10. The summed E-state index contributed by atoms with van der Waals surface area (Å²) in [5.41, 5.74) is 15.1. The molecule has 2 heterocycles. The van der Waals surface area contributed by atoms with Gasteiger partial charge in [-0.3, -0.25) is 4.79 Å². The number of carbonyl (C=O) groups is 1. The molecule has 0 bridgehead atoms. The van der Waals surface area contributed by atoms with E-state index in [1.54, 1.807) is 30.3 Å². The fourth-order valence-electron chi connectivity index (χ4n) is 5.53. The van der Waals surface area contributed by atoms with Crippen molar-refractivity contribution in [2.24, 2.45) is 11.8 Å². The summed E-state index contributed by atoms with van der Waals surface area (Å²) in [6.45, 7) is 0.272. The van der Waals surface area contributed by atoms with Crippen molar-refractivity contribution in [3.63, 3.8) is 0 Å². The van der Waals surface area contributed by atoms with E-state index in [4.69, 9.17) is 39.9 Å². The summed E-state index contributed by atoms with van der Waals surface area (Å²) in [6.07, 6.45) is -0.541. The molecule has 0 radical (unpaired) electrons. The number of rotatable bonds is 5. The van der Waals surface area contributed by atoms with Crippen LogP contribution in [0.3, 0.4) is 0 Å². The molecular formula is C27H26N2O8. The van der Waals surface area contributed by atoms with Crippen molar-refractivity contribution in [1.82, 2.24) is 0 Å². The van der Waals surface area contributed by atoms with Crippen LogP contribution in [-0.2, 0) is 9.53 Å². The normalized spacial score (nSPS) is 23.1. The maximum Gasteiger partial charge on any atom is 0.310 e. The lowest BCUT2D eigenvalue weighted by molar-refractivity contribution is -0.141. The monoisotopic (exact) mass is 506 g/mol. The van der Waals surface area contributed by atoms with E-state index in [1.807, 2.05) is 12.1 Å². The predicted octanol–water partition coefficient (Wildman–Crippen LogP) is 3.36. The Morgan fingerprint density at radius 2 is 1.57 bits per heavy atom. The van der Waals surface area contributed by atoms with Crippen LogP contribution in [0.15, 0.2) is 42.5 Å². The number of phenolic OH excluding ortho intramolecular Hbond substituents is 1. The van der Waals surface area contributed by atoms with Gasteiger partial charge in [0.05, 0.1) is 38.1 Å². The molecule has 0 saturated carbocycles. The Labute approximate surface area is 212 Å². The molecule has 5 N–H and O–H groups in total. The number of benzene rings is 3. The molecule has 0 amide bonds. The zero-order chi connectivity index (χ0) is 25.8. The van der Waals surface area contributed by atoms with Crippen LogP contribution in [-0.4, -0.2) is 38.7 Å². The molecule has 3 aromatic carbocycles. The van der Waals surface area contributed by atoms with Crippen molar-refractivity contribution >= 4 is 17.3 Å². The molecule has 3 aliphatic rings. The van der Waals surface area contributed by atoms with Crippen LogP contribution in [0.1, 0.15) is 28.7 Å². The van der Waals surface area contributed by atoms with E-state index in [2.05, 4.69) is 0 Å². The highest BCUT2D eigenvalue weighted by atomic mass is 16.7. The highest BCUT2D eigenvalue weighted by molar-refractivity contribution is 5.79. The van der Waals surface area contributed by atoms with Gasteiger partial charge in [0.15, 0.2) is 23.0 Å². The molecule has 1 aliphatic carbocycles. The summed E-state index contributed by atoms with van der Waals surface area (Å²) in [6, 6.07) is 12.3. The van der Waals surface area contributed by atoms with Crippen LogP contribution < -0.4 is 35.2 Å². The van der Waals surface area contributed by atoms with Crippen LogP contribution in [0.2, 0.25) is 0 Å². The number of aromatic hydroxyl groups is 1. The van der Waals surface area contributed by atoms with Gasteiger partial charge in [-0.15, -0.1) is 0 Å². The van der Waals surface area contributed by atoms with Crippen molar-refractivity contribution in [3.05, 3.63) is 59.2 Å². The average Bonchev–Trinajstić information content (AvgIpc) is 3.51. The molecular weight excluding hydrogens is 480 g/mol. The molecule has 2 aliphatic heterocycles. The van der Waals surface area contributed by atoms with Gasteiger partial charge < -0.3 is 45.0 Å². The molecule has 37 heavy (non-hydrogen) atoms. The summed E-state index contributed by atoms with van der Waals surface area (Å²) in [5.74, 6) is 0.324. The summed E-state index contributed by atoms with van der Waals surface area (Å²) in [4.78, 5) is 13.2. The Kier molecular flexibility index (Phi) is 5.32. The number of carbonyl (C=O) groups excluding carboxylic acids is 1. The first-order chi connectivity index (χ1) is 17.9. The van der Waals surface area contributed by atoms with Crippen molar-refractivity contribution in [2.75, 3.05) is 39.1 Å². The summed E-state index contributed by atoms with van der Waals surface area (Å²) in [7, 11) is 2.92. The molecule has 10 nitrogen and oxygen atoms in total. The van der Waals surface area contributed by atoms with E-state index in [1.165, 1.54) is 14.2 Å². The first-order valence-electron chi connectivity index (χ1n) is 11.8. The minimum absolute atomic E-state index is 0.0959. The second kappa shape index (κ2) is 8.58. The fourth-order valence-corrected chi connectivity index (χ4v) is 5.53. The van der Waals surface area contributed by atoms with Gasteiger partial charge in [-0.05, 0) is 47.5 Å². The molecule has 6 rings (SSSR count). The van der Waals surface area contributed by atoms with Crippen LogP contribution in [0.25, 0.3) is 0 Å². The van der Waals surface area contributed by atoms with E-state index in [9.17, 15) is 9.90 Å². The SMILES string of the molecule is COc1cc([C@@H]2c3cc4c(cc3[C@@H](Oc3ccc(N)c(N)c3)C3COC(=O)C32)OCO4)cc(OC)c1O. The van der Waals surface area contributed by atoms with Crippen LogP contribution in [0, 0.1) is 11.8 Å². The average molecular weight is 507 g/mol. The number of nitrogens with two attached hydrogens (primary N) is 2. The highest BCUT2D eigenvalue weighted by Gasteiger charge is 2.53. The largest absolute Gasteiger partial charge is 0.502 e. The minimum atomic E-state index is -0.581. The number of phenols is 1. The molecule has 10 heteroatoms. The Balaban J connectivity index is 1.55.